The zero-order valence-corrected chi connectivity index (χ0v) is 13.1. The summed E-state index contributed by atoms with van der Waals surface area (Å²) in [6, 6.07) is 8.40. The van der Waals surface area contributed by atoms with Gasteiger partial charge in [-0.05, 0) is 54.4 Å². The van der Waals surface area contributed by atoms with E-state index in [0.717, 1.165) is 18.2 Å². The van der Waals surface area contributed by atoms with Crippen LogP contribution in [-0.4, -0.2) is 16.5 Å². The molecule has 3 nitrogen and oxygen atoms in total. The Morgan fingerprint density at radius 1 is 1.20 bits per heavy atom. The average molecular weight is 287 g/mol. The summed E-state index contributed by atoms with van der Waals surface area (Å²) in [5, 5.41) is 4.26. The Balaban J connectivity index is 1.99. The first-order valence-electron chi connectivity index (χ1n) is 6.90. The second-order valence-corrected chi connectivity index (χ2v) is 6.27. The fraction of sp³-hybridized carbons (Fsp3) is 0.375. The van der Waals surface area contributed by atoms with Crippen LogP contribution in [0.2, 0.25) is 0 Å². The summed E-state index contributed by atoms with van der Waals surface area (Å²) >= 11 is 1.61. The summed E-state index contributed by atoms with van der Waals surface area (Å²) in [6.45, 7) is 8.55. The molecule has 0 aliphatic carbocycles. The first-order valence-corrected chi connectivity index (χ1v) is 7.72. The minimum atomic E-state index is 0.682. The quantitative estimate of drug-likeness (QED) is 0.822. The van der Waals surface area contributed by atoms with Crippen LogP contribution in [0, 0.1) is 12.8 Å². The third-order valence-corrected chi connectivity index (χ3v) is 3.94. The molecule has 0 bridgehead atoms. The lowest BCUT2D eigenvalue weighted by atomic mass is 10.1. The molecule has 0 spiro atoms. The summed E-state index contributed by atoms with van der Waals surface area (Å²) in [4.78, 5) is 9.70. The molecule has 0 aliphatic rings. The molecule has 0 radical (unpaired) electrons. The molecule has 0 amide bonds. The van der Waals surface area contributed by atoms with Gasteiger partial charge >= 0.3 is 0 Å². The van der Waals surface area contributed by atoms with Crippen molar-refractivity contribution in [3.05, 3.63) is 47.8 Å². The second kappa shape index (κ2) is 7.41. The van der Waals surface area contributed by atoms with Crippen LogP contribution in [0.3, 0.4) is 0 Å². The van der Waals surface area contributed by atoms with E-state index in [2.05, 4.69) is 54.3 Å². The van der Waals surface area contributed by atoms with Gasteiger partial charge < -0.3 is 5.32 Å². The number of benzene rings is 1. The fourth-order valence-electron chi connectivity index (χ4n) is 1.88. The Morgan fingerprint density at radius 3 is 2.60 bits per heavy atom. The summed E-state index contributed by atoms with van der Waals surface area (Å²) < 4.78 is 0. The highest BCUT2D eigenvalue weighted by atomic mass is 32.2. The van der Waals surface area contributed by atoms with Crippen LogP contribution in [0.4, 0.5) is 0 Å². The normalized spacial score (nSPS) is 11.0. The monoisotopic (exact) mass is 287 g/mol. The summed E-state index contributed by atoms with van der Waals surface area (Å²) in [5.41, 5.74) is 2.59. The molecule has 0 atom stereocenters. The van der Waals surface area contributed by atoms with Gasteiger partial charge in [-0.1, -0.05) is 26.0 Å². The fourth-order valence-corrected chi connectivity index (χ4v) is 2.66. The average Bonchev–Trinajstić information content (AvgIpc) is 2.42. The molecule has 0 fully saturated rings. The predicted octanol–water partition coefficient (Wildman–Crippen LogP) is 3.68. The zero-order chi connectivity index (χ0) is 14.4. The van der Waals surface area contributed by atoms with Gasteiger partial charge in [0.2, 0.25) is 0 Å². The van der Waals surface area contributed by atoms with Gasteiger partial charge in [0.25, 0.3) is 0 Å². The first kappa shape index (κ1) is 15.0. The summed E-state index contributed by atoms with van der Waals surface area (Å²) in [6.07, 6.45) is 3.55. The van der Waals surface area contributed by atoms with Crippen molar-refractivity contribution in [1.29, 1.82) is 0 Å². The van der Waals surface area contributed by atoms with E-state index in [1.807, 2.05) is 6.07 Å². The van der Waals surface area contributed by atoms with Crippen LogP contribution < -0.4 is 5.32 Å². The molecule has 1 heterocycles. The van der Waals surface area contributed by atoms with Crippen molar-refractivity contribution >= 4 is 11.8 Å². The van der Waals surface area contributed by atoms with E-state index in [0.29, 0.717) is 5.92 Å². The lowest BCUT2D eigenvalue weighted by Gasteiger charge is -2.10. The zero-order valence-electron chi connectivity index (χ0n) is 12.3. The van der Waals surface area contributed by atoms with E-state index >= 15 is 0 Å². The van der Waals surface area contributed by atoms with Crippen LogP contribution in [0.5, 0.6) is 0 Å². The molecule has 0 saturated carbocycles. The highest BCUT2D eigenvalue weighted by Crippen LogP contribution is 2.27. The number of rotatable bonds is 6. The van der Waals surface area contributed by atoms with Gasteiger partial charge in [-0.15, -0.1) is 0 Å². The minimum absolute atomic E-state index is 0.682. The number of hydrogen-bond donors (Lipinski definition) is 1. The van der Waals surface area contributed by atoms with Crippen LogP contribution in [0.15, 0.2) is 46.7 Å². The van der Waals surface area contributed by atoms with Crippen LogP contribution in [0.25, 0.3) is 0 Å². The van der Waals surface area contributed by atoms with Crippen molar-refractivity contribution < 1.29 is 0 Å². The van der Waals surface area contributed by atoms with E-state index < -0.39 is 0 Å². The van der Waals surface area contributed by atoms with Crippen LogP contribution in [0.1, 0.15) is 25.0 Å². The molecule has 106 valence electrons. The van der Waals surface area contributed by atoms with Gasteiger partial charge in [-0.2, -0.15) is 0 Å². The molecule has 1 N–H and O–H groups in total. The molecule has 0 unspecified atom stereocenters. The van der Waals surface area contributed by atoms with E-state index in [9.17, 15) is 0 Å². The van der Waals surface area contributed by atoms with E-state index in [1.165, 1.54) is 16.0 Å². The highest BCUT2D eigenvalue weighted by Gasteiger charge is 2.04. The molecule has 1 aromatic heterocycles. The Bertz CT molecular complexity index is 541. The molecule has 2 rings (SSSR count). The van der Waals surface area contributed by atoms with Crippen molar-refractivity contribution in [2.24, 2.45) is 5.92 Å². The van der Waals surface area contributed by atoms with E-state index in [4.69, 9.17) is 0 Å². The van der Waals surface area contributed by atoms with Crippen molar-refractivity contribution in [3.8, 4) is 0 Å². The molecule has 1 aromatic carbocycles. The van der Waals surface area contributed by atoms with Gasteiger partial charge in [0.05, 0.1) is 0 Å². The van der Waals surface area contributed by atoms with Crippen LogP contribution in [-0.2, 0) is 6.54 Å². The van der Waals surface area contributed by atoms with Crippen molar-refractivity contribution in [1.82, 2.24) is 15.3 Å². The number of nitrogens with zero attached hydrogens (tertiary/aromatic N) is 2. The molecule has 0 saturated heterocycles. The molecule has 20 heavy (non-hydrogen) atoms. The third-order valence-electron chi connectivity index (χ3n) is 2.86. The first-order chi connectivity index (χ1) is 9.65. The Morgan fingerprint density at radius 2 is 1.95 bits per heavy atom. The molecule has 0 aliphatic heterocycles. The Kier molecular flexibility index (Phi) is 5.56. The van der Waals surface area contributed by atoms with E-state index in [1.54, 1.807) is 24.2 Å². The maximum Gasteiger partial charge on any atom is 0.192 e. The van der Waals surface area contributed by atoms with Crippen LogP contribution >= 0.6 is 11.8 Å². The maximum absolute atomic E-state index is 4.25. The van der Waals surface area contributed by atoms with Crippen molar-refractivity contribution in [3.63, 3.8) is 0 Å². The number of aryl methyl sites for hydroxylation is 1. The lowest BCUT2D eigenvalue weighted by Crippen LogP contribution is -2.18. The lowest BCUT2D eigenvalue weighted by molar-refractivity contribution is 0.552. The maximum atomic E-state index is 4.25. The predicted molar refractivity (Wildman–Crippen MR) is 83.9 cm³/mol. The third kappa shape index (κ3) is 4.62. The SMILES string of the molecule is Cc1cc(CNCC(C)C)ccc1Sc1ncccn1. The molecular formula is C16H21N3S. The van der Waals surface area contributed by atoms with Gasteiger partial charge in [0, 0.05) is 23.8 Å². The van der Waals surface area contributed by atoms with Crippen molar-refractivity contribution in [2.45, 2.75) is 37.4 Å². The van der Waals surface area contributed by atoms with Gasteiger partial charge in [0.15, 0.2) is 5.16 Å². The van der Waals surface area contributed by atoms with Gasteiger partial charge in [-0.25, -0.2) is 9.97 Å². The smallest absolute Gasteiger partial charge is 0.192 e. The van der Waals surface area contributed by atoms with Crippen molar-refractivity contribution in [2.75, 3.05) is 6.54 Å². The Hall–Kier alpha value is -1.39. The number of nitrogens with one attached hydrogen (secondary N) is 1. The largest absolute Gasteiger partial charge is 0.312 e. The van der Waals surface area contributed by atoms with Gasteiger partial charge in [-0.3, -0.25) is 0 Å². The number of aromatic nitrogens is 2. The molecular weight excluding hydrogens is 266 g/mol. The summed E-state index contributed by atoms with van der Waals surface area (Å²) in [5.74, 6) is 0.682. The molecule has 2 aromatic rings. The number of hydrogen-bond acceptors (Lipinski definition) is 4. The second-order valence-electron chi connectivity index (χ2n) is 5.26. The summed E-state index contributed by atoms with van der Waals surface area (Å²) in [7, 11) is 0. The van der Waals surface area contributed by atoms with E-state index in [-0.39, 0.29) is 0 Å². The highest BCUT2D eigenvalue weighted by molar-refractivity contribution is 7.99. The topological polar surface area (TPSA) is 37.8 Å². The standard InChI is InChI=1S/C16H21N3S/c1-12(2)10-17-11-14-5-6-15(13(3)9-14)20-16-18-7-4-8-19-16/h4-9,12,17H,10-11H2,1-3H3. The molecule has 4 heteroatoms. The Labute approximate surface area is 125 Å². The van der Waals surface area contributed by atoms with Gasteiger partial charge in [0.1, 0.15) is 0 Å². The minimum Gasteiger partial charge on any atom is -0.312 e.